The first-order valence-corrected chi connectivity index (χ1v) is 8.43. The lowest BCUT2D eigenvalue weighted by atomic mass is 10.1. The van der Waals surface area contributed by atoms with Crippen LogP contribution < -0.4 is 9.47 Å². The Labute approximate surface area is 170 Å². The molecule has 30 heavy (non-hydrogen) atoms. The van der Waals surface area contributed by atoms with E-state index >= 15 is 0 Å². The number of carboxylic acids is 2. The SMILES string of the molecule is COc1ccccc1C(=O)O[C@@H](C(=O)O)[C@@H](OC(=O)c1ccccc1OC)C(=O)O. The van der Waals surface area contributed by atoms with Crippen LogP contribution in [0.3, 0.4) is 0 Å². The second-order valence-electron chi connectivity index (χ2n) is 5.73. The summed E-state index contributed by atoms with van der Waals surface area (Å²) in [6.07, 6.45) is -4.64. The van der Waals surface area contributed by atoms with Crippen molar-refractivity contribution in [2.75, 3.05) is 14.2 Å². The number of carbonyl (C=O) groups excluding carboxylic acids is 2. The first-order valence-electron chi connectivity index (χ1n) is 8.43. The van der Waals surface area contributed by atoms with E-state index in [1.807, 2.05) is 0 Å². The zero-order valence-electron chi connectivity index (χ0n) is 15.9. The third kappa shape index (κ3) is 5.04. The number of methoxy groups -OCH3 is 2. The molecule has 2 aromatic rings. The highest BCUT2D eigenvalue weighted by molar-refractivity contribution is 5.97. The van der Waals surface area contributed by atoms with Crippen molar-refractivity contribution in [2.45, 2.75) is 12.2 Å². The Hall–Kier alpha value is -4.08. The third-order valence-electron chi connectivity index (χ3n) is 3.88. The molecule has 0 aromatic heterocycles. The molecule has 0 unspecified atom stereocenters. The van der Waals surface area contributed by atoms with E-state index in [1.165, 1.54) is 50.6 Å². The molecule has 10 nitrogen and oxygen atoms in total. The molecule has 158 valence electrons. The first kappa shape index (κ1) is 22.2. The van der Waals surface area contributed by atoms with Crippen LogP contribution in [0.1, 0.15) is 20.7 Å². The van der Waals surface area contributed by atoms with Crippen LogP contribution in [-0.2, 0) is 19.1 Å². The maximum absolute atomic E-state index is 12.4. The lowest BCUT2D eigenvalue weighted by molar-refractivity contribution is -0.166. The zero-order valence-corrected chi connectivity index (χ0v) is 15.9. The van der Waals surface area contributed by atoms with Crippen molar-refractivity contribution in [3.8, 4) is 11.5 Å². The standard InChI is InChI=1S/C20H18O10/c1-27-13-9-5-3-7-11(13)19(25)29-15(17(21)22)16(18(23)24)30-20(26)12-8-4-6-10-14(12)28-2/h3-10,15-16H,1-2H3,(H,21,22)(H,23,24)/t15-,16-/m1/s1. The molecule has 0 aliphatic rings. The average Bonchev–Trinajstić information content (AvgIpc) is 2.75. The van der Waals surface area contributed by atoms with Gasteiger partial charge in [-0.05, 0) is 24.3 Å². The number of rotatable bonds is 9. The number of para-hydroxylation sites is 2. The van der Waals surface area contributed by atoms with Gasteiger partial charge in [0.25, 0.3) is 0 Å². The molecule has 0 aliphatic carbocycles. The Morgan fingerprint density at radius 2 is 1.00 bits per heavy atom. The number of carbonyl (C=O) groups is 4. The number of hydrogen-bond donors (Lipinski definition) is 2. The third-order valence-corrected chi connectivity index (χ3v) is 3.88. The van der Waals surface area contributed by atoms with E-state index in [4.69, 9.17) is 18.9 Å². The maximum Gasteiger partial charge on any atom is 0.349 e. The van der Waals surface area contributed by atoms with Gasteiger partial charge in [-0.2, -0.15) is 0 Å². The van der Waals surface area contributed by atoms with Gasteiger partial charge >= 0.3 is 23.9 Å². The minimum absolute atomic E-state index is 0.0875. The van der Waals surface area contributed by atoms with E-state index in [-0.39, 0.29) is 22.6 Å². The molecule has 2 atom stereocenters. The van der Waals surface area contributed by atoms with Gasteiger partial charge in [-0.15, -0.1) is 0 Å². The summed E-state index contributed by atoms with van der Waals surface area (Å²) in [6.45, 7) is 0. The summed E-state index contributed by atoms with van der Waals surface area (Å²) in [5.74, 6) is -5.80. The molecule has 0 saturated heterocycles. The Morgan fingerprint density at radius 3 is 1.30 bits per heavy atom. The fourth-order valence-corrected chi connectivity index (χ4v) is 2.47. The van der Waals surface area contributed by atoms with Crippen molar-refractivity contribution >= 4 is 23.9 Å². The number of benzene rings is 2. The van der Waals surface area contributed by atoms with Crippen LogP contribution >= 0.6 is 0 Å². The van der Waals surface area contributed by atoms with E-state index < -0.39 is 36.1 Å². The Bertz CT molecular complexity index is 875. The quantitative estimate of drug-likeness (QED) is 0.576. The Balaban J connectivity index is 2.30. The van der Waals surface area contributed by atoms with Crippen molar-refractivity contribution in [1.29, 1.82) is 0 Å². The lowest BCUT2D eigenvalue weighted by Crippen LogP contribution is -2.46. The van der Waals surface area contributed by atoms with Crippen molar-refractivity contribution in [1.82, 2.24) is 0 Å². The Kier molecular flexibility index (Phi) is 7.34. The molecule has 0 spiro atoms. The molecule has 0 amide bonds. The molecule has 0 fully saturated rings. The number of esters is 2. The van der Waals surface area contributed by atoms with Gasteiger partial charge < -0.3 is 29.2 Å². The lowest BCUT2D eigenvalue weighted by Gasteiger charge is -2.21. The highest BCUT2D eigenvalue weighted by Gasteiger charge is 2.41. The summed E-state index contributed by atoms with van der Waals surface area (Å²) >= 11 is 0. The van der Waals surface area contributed by atoms with Crippen molar-refractivity contribution in [3.05, 3.63) is 59.7 Å². The number of carboxylic acid groups (broad SMARTS) is 2. The molecule has 10 heteroatoms. The normalized spacial score (nSPS) is 12.2. The predicted octanol–water partition coefficient (Wildman–Crippen LogP) is 1.62. The summed E-state index contributed by atoms with van der Waals surface area (Å²) in [4.78, 5) is 48.0. The smallest absolute Gasteiger partial charge is 0.349 e. The number of hydrogen-bond acceptors (Lipinski definition) is 8. The van der Waals surface area contributed by atoms with E-state index in [9.17, 15) is 29.4 Å². The maximum atomic E-state index is 12.4. The van der Waals surface area contributed by atoms with Gasteiger partial charge in [0.1, 0.15) is 22.6 Å². The van der Waals surface area contributed by atoms with E-state index in [0.717, 1.165) is 0 Å². The summed E-state index contributed by atoms with van der Waals surface area (Å²) in [6, 6.07) is 11.6. The second-order valence-corrected chi connectivity index (χ2v) is 5.73. The van der Waals surface area contributed by atoms with Crippen molar-refractivity contribution in [3.63, 3.8) is 0 Å². The fraction of sp³-hybridized carbons (Fsp3) is 0.200. The van der Waals surface area contributed by atoms with Crippen LogP contribution in [0.15, 0.2) is 48.5 Å². The van der Waals surface area contributed by atoms with Gasteiger partial charge in [0, 0.05) is 0 Å². The first-order chi connectivity index (χ1) is 14.3. The Morgan fingerprint density at radius 1 is 0.667 bits per heavy atom. The molecular weight excluding hydrogens is 400 g/mol. The van der Waals surface area contributed by atoms with Gasteiger partial charge in [0.2, 0.25) is 12.2 Å². The van der Waals surface area contributed by atoms with Crippen LogP contribution in [0, 0.1) is 0 Å². The van der Waals surface area contributed by atoms with Gasteiger partial charge in [0.05, 0.1) is 14.2 Å². The van der Waals surface area contributed by atoms with Gasteiger partial charge in [-0.3, -0.25) is 0 Å². The summed E-state index contributed by atoms with van der Waals surface area (Å²) in [7, 11) is 2.58. The van der Waals surface area contributed by atoms with Gasteiger partial charge in [0.15, 0.2) is 0 Å². The molecule has 0 radical (unpaired) electrons. The fourth-order valence-electron chi connectivity index (χ4n) is 2.47. The number of aliphatic carboxylic acids is 2. The molecular formula is C20H18O10. The number of ether oxygens (including phenoxy) is 4. The molecule has 2 rings (SSSR count). The van der Waals surface area contributed by atoms with Crippen molar-refractivity contribution in [2.24, 2.45) is 0 Å². The van der Waals surface area contributed by atoms with Gasteiger partial charge in [-0.1, -0.05) is 24.3 Å². The van der Waals surface area contributed by atoms with Crippen LogP contribution in [0.4, 0.5) is 0 Å². The highest BCUT2D eigenvalue weighted by atomic mass is 16.6. The average molecular weight is 418 g/mol. The summed E-state index contributed by atoms with van der Waals surface area (Å²) in [5.41, 5.74) is -0.266. The minimum Gasteiger partial charge on any atom is -0.496 e. The van der Waals surface area contributed by atoms with Crippen LogP contribution in [-0.4, -0.2) is 60.5 Å². The molecule has 0 bridgehead atoms. The minimum atomic E-state index is -2.32. The van der Waals surface area contributed by atoms with Gasteiger partial charge in [-0.25, -0.2) is 19.2 Å². The van der Waals surface area contributed by atoms with Crippen LogP contribution in [0.2, 0.25) is 0 Å². The monoisotopic (exact) mass is 418 g/mol. The van der Waals surface area contributed by atoms with E-state index in [0.29, 0.717) is 0 Å². The largest absolute Gasteiger partial charge is 0.496 e. The van der Waals surface area contributed by atoms with Crippen LogP contribution in [0.5, 0.6) is 11.5 Å². The second kappa shape index (κ2) is 9.92. The van der Waals surface area contributed by atoms with E-state index in [2.05, 4.69) is 0 Å². The molecule has 0 saturated carbocycles. The topological polar surface area (TPSA) is 146 Å². The van der Waals surface area contributed by atoms with Crippen molar-refractivity contribution < 1.29 is 48.3 Å². The summed E-state index contributed by atoms with van der Waals surface area (Å²) < 4.78 is 19.7. The predicted molar refractivity (Wildman–Crippen MR) is 99.7 cm³/mol. The zero-order chi connectivity index (χ0) is 22.3. The van der Waals surface area contributed by atoms with E-state index in [1.54, 1.807) is 12.1 Å². The molecule has 2 aromatic carbocycles. The summed E-state index contributed by atoms with van der Waals surface area (Å²) in [5, 5.41) is 18.8. The molecule has 2 N–H and O–H groups in total. The highest BCUT2D eigenvalue weighted by Crippen LogP contribution is 2.22. The molecule has 0 heterocycles. The van der Waals surface area contributed by atoms with Crippen LogP contribution in [0.25, 0.3) is 0 Å². The molecule has 0 aliphatic heterocycles.